The lowest BCUT2D eigenvalue weighted by molar-refractivity contribution is -0.122. The molecule has 0 radical (unpaired) electrons. The van der Waals surface area contributed by atoms with Crippen molar-refractivity contribution in [1.82, 2.24) is 14.9 Å². The van der Waals surface area contributed by atoms with Gasteiger partial charge in [-0.2, -0.15) is 0 Å². The van der Waals surface area contributed by atoms with E-state index < -0.39 is 0 Å². The molecule has 2 heterocycles. The third-order valence-corrected chi connectivity index (χ3v) is 4.62. The topological polar surface area (TPSA) is 65.4 Å². The first-order valence-electron chi connectivity index (χ1n) is 8.16. The summed E-state index contributed by atoms with van der Waals surface area (Å²) in [6, 6.07) is 13.4. The number of aromatic nitrogens is 2. The van der Waals surface area contributed by atoms with Gasteiger partial charge in [-0.05, 0) is 18.2 Å². The number of ether oxygens (including phenoxy) is 2. The molecule has 0 fully saturated rings. The number of amides is 1. The molecular weight excluding hydrogens is 318 g/mol. The van der Waals surface area contributed by atoms with Gasteiger partial charge in [0.15, 0.2) is 0 Å². The third-order valence-electron chi connectivity index (χ3n) is 4.62. The van der Waals surface area contributed by atoms with Crippen LogP contribution >= 0.6 is 0 Å². The Kier molecular flexibility index (Phi) is 3.80. The Balaban J connectivity index is 1.51. The van der Waals surface area contributed by atoms with E-state index >= 15 is 0 Å². The zero-order valence-electron chi connectivity index (χ0n) is 14.2. The summed E-state index contributed by atoms with van der Waals surface area (Å²) in [5.74, 6) is 2.03. The summed E-state index contributed by atoms with van der Waals surface area (Å²) in [7, 11) is 3.57. The van der Waals surface area contributed by atoms with Crippen molar-refractivity contribution in [3.63, 3.8) is 0 Å². The third kappa shape index (κ3) is 2.69. The normalized spacial score (nSPS) is 15.7. The molecular formula is C19H19N3O3. The van der Waals surface area contributed by atoms with Crippen molar-refractivity contribution >= 4 is 16.9 Å². The zero-order chi connectivity index (χ0) is 17.4. The number of fused-ring (bicyclic) bond motifs is 2. The molecule has 1 N–H and O–H groups in total. The molecule has 6 nitrogen and oxygen atoms in total. The Bertz CT molecular complexity index is 948. The van der Waals surface area contributed by atoms with Crippen LogP contribution in [-0.2, 0) is 18.4 Å². The number of benzene rings is 2. The molecule has 1 amide bonds. The molecule has 0 saturated heterocycles. The molecule has 0 bridgehead atoms. The zero-order valence-corrected chi connectivity index (χ0v) is 14.2. The first-order valence-corrected chi connectivity index (χ1v) is 8.16. The quantitative estimate of drug-likeness (QED) is 0.794. The molecule has 1 aliphatic heterocycles. The number of para-hydroxylation sites is 1. The van der Waals surface area contributed by atoms with E-state index in [0.717, 1.165) is 33.9 Å². The predicted octanol–water partition coefficient (Wildman–Crippen LogP) is 2.37. The van der Waals surface area contributed by atoms with E-state index in [0.29, 0.717) is 13.2 Å². The number of methoxy groups -OCH3 is 1. The van der Waals surface area contributed by atoms with Crippen LogP contribution in [0.25, 0.3) is 11.0 Å². The molecule has 3 aromatic rings. The second kappa shape index (κ2) is 6.12. The molecule has 1 unspecified atom stereocenters. The van der Waals surface area contributed by atoms with Gasteiger partial charge in [0.2, 0.25) is 5.91 Å². The Hall–Kier alpha value is -3.02. The SMILES string of the molecule is COc1ccc2c(c1)nc(CNC(=O)C1COc3ccccc31)n2C. The van der Waals surface area contributed by atoms with Crippen molar-refractivity contribution < 1.29 is 14.3 Å². The Morgan fingerprint density at radius 3 is 3.04 bits per heavy atom. The smallest absolute Gasteiger partial charge is 0.231 e. The number of nitrogens with zero attached hydrogens (tertiary/aromatic N) is 2. The molecule has 0 spiro atoms. The van der Waals surface area contributed by atoms with Crippen LogP contribution in [0.3, 0.4) is 0 Å². The molecule has 4 rings (SSSR count). The van der Waals surface area contributed by atoms with Crippen LogP contribution in [0.4, 0.5) is 0 Å². The number of carbonyl (C=O) groups excluding carboxylic acids is 1. The Morgan fingerprint density at radius 2 is 2.20 bits per heavy atom. The van der Waals surface area contributed by atoms with Crippen molar-refractivity contribution in [2.45, 2.75) is 12.5 Å². The van der Waals surface area contributed by atoms with Gasteiger partial charge < -0.3 is 19.4 Å². The minimum Gasteiger partial charge on any atom is -0.497 e. The summed E-state index contributed by atoms with van der Waals surface area (Å²) >= 11 is 0. The summed E-state index contributed by atoms with van der Waals surface area (Å²) in [6.45, 7) is 0.746. The first kappa shape index (κ1) is 15.5. The van der Waals surface area contributed by atoms with E-state index in [1.807, 2.05) is 54.1 Å². The number of rotatable bonds is 4. The highest BCUT2D eigenvalue weighted by molar-refractivity contribution is 5.85. The van der Waals surface area contributed by atoms with Crippen LogP contribution in [0.2, 0.25) is 0 Å². The fraction of sp³-hybridized carbons (Fsp3) is 0.263. The summed E-state index contributed by atoms with van der Waals surface area (Å²) in [5.41, 5.74) is 2.79. The summed E-state index contributed by atoms with van der Waals surface area (Å²) in [6.07, 6.45) is 0. The van der Waals surface area contributed by atoms with Crippen molar-refractivity contribution in [1.29, 1.82) is 0 Å². The number of carbonyl (C=O) groups is 1. The molecule has 128 valence electrons. The molecule has 0 aliphatic carbocycles. The average Bonchev–Trinajstić information content (AvgIpc) is 3.21. The average molecular weight is 337 g/mol. The summed E-state index contributed by atoms with van der Waals surface area (Å²) in [5, 5.41) is 2.98. The van der Waals surface area contributed by atoms with E-state index in [1.54, 1.807) is 7.11 Å². The van der Waals surface area contributed by atoms with E-state index in [2.05, 4.69) is 10.3 Å². The van der Waals surface area contributed by atoms with Crippen LogP contribution in [-0.4, -0.2) is 29.2 Å². The molecule has 2 aromatic carbocycles. The minimum atomic E-state index is -0.272. The van der Waals surface area contributed by atoms with Crippen molar-refractivity contribution in [2.75, 3.05) is 13.7 Å². The highest BCUT2D eigenvalue weighted by Crippen LogP contribution is 2.33. The second-order valence-electron chi connectivity index (χ2n) is 6.06. The molecule has 0 saturated carbocycles. The van der Waals surface area contributed by atoms with Crippen LogP contribution in [0.1, 0.15) is 17.3 Å². The number of aryl methyl sites for hydroxylation is 1. The molecule has 1 atom stereocenters. The number of hydrogen-bond donors (Lipinski definition) is 1. The highest BCUT2D eigenvalue weighted by Gasteiger charge is 2.29. The minimum absolute atomic E-state index is 0.0467. The van der Waals surface area contributed by atoms with Crippen LogP contribution in [0, 0.1) is 0 Å². The van der Waals surface area contributed by atoms with Gasteiger partial charge in [0.25, 0.3) is 0 Å². The lowest BCUT2D eigenvalue weighted by Gasteiger charge is -2.10. The van der Waals surface area contributed by atoms with Gasteiger partial charge in [-0.15, -0.1) is 0 Å². The van der Waals surface area contributed by atoms with Gasteiger partial charge in [0.05, 0.1) is 24.7 Å². The summed E-state index contributed by atoms with van der Waals surface area (Å²) < 4.78 is 12.8. The fourth-order valence-corrected chi connectivity index (χ4v) is 3.18. The van der Waals surface area contributed by atoms with Crippen molar-refractivity contribution in [3.05, 3.63) is 53.9 Å². The highest BCUT2D eigenvalue weighted by atomic mass is 16.5. The van der Waals surface area contributed by atoms with E-state index in [4.69, 9.17) is 9.47 Å². The lowest BCUT2D eigenvalue weighted by atomic mass is 10.0. The van der Waals surface area contributed by atoms with E-state index in [1.165, 1.54) is 0 Å². The fourth-order valence-electron chi connectivity index (χ4n) is 3.18. The van der Waals surface area contributed by atoms with E-state index in [9.17, 15) is 4.79 Å². The van der Waals surface area contributed by atoms with Gasteiger partial charge in [0.1, 0.15) is 29.8 Å². The Labute approximate surface area is 145 Å². The van der Waals surface area contributed by atoms with E-state index in [-0.39, 0.29) is 11.8 Å². The van der Waals surface area contributed by atoms with Gasteiger partial charge >= 0.3 is 0 Å². The maximum absolute atomic E-state index is 12.6. The van der Waals surface area contributed by atoms with Crippen LogP contribution < -0.4 is 14.8 Å². The molecule has 6 heteroatoms. The van der Waals surface area contributed by atoms with Crippen molar-refractivity contribution in [3.8, 4) is 11.5 Å². The van der Waals surface area contributed by atoms with Crippen LogP contribution in [0.5, 0.6) is 11.5 Å². The number of hydrogen-bond acceptors (Lipinski definition) is 4. The number of imidazole rings is 1. The van der Waals surface area contributed by atoms with Gasteiger partial charge in [-0.3, -0.25) is 4.79 Å². The maximum atomic E-state index is 12.6. The predicted molar refractivity (Wildman–Crippen MR) is 93.8 cm³/mol. The van der Waals surface area contributed by atoms with Gasteiger partial charge in [-0.1, -0.05) is 18.2 Å². The monoisotopic (exact) mass is 337 g/mol. The van der Waals surface area contributed by atoms with Gasteiger partial charge in [0, 0.05) is 18.7 Å². The standard InChI is InChI=1S/C19H19N3O3/c1-22-16-8-7-12(24-2)9-15(16)21-18(22)10-20-19(23)14-11-25-17-6-4-3-5-13(14)17/h3-9,14H,10-11H2,1-2H3,(H,20,23). The number of nitrogens with one attached hydrogen (secondary N) is 1. The molecule has 1 aromatic heterocycles. The molecule has 25 heavy (non-hydrogen) atoms. The van der Waals surface area contributed by atoms with Crippen LogP contribution in [0.15, 0.2) is 42.5 Å². The summed E-state index contributed by atoms with van der Waals surface area (Å²) in [4.78, 5) is 17.2. The van der Waals surface area contributed by atoms with Crippen molar-refractivity contribution in [2.24, 2.45) is 7.05 Å². The maximum Gasteiger partial charge on any atom is 0.231 e. The Morgan fingerprint density at radius 1 is 1.36 bits per heavy atom. The lowest BCUT2D eigenvalue weighted by Crippen LogP contribution is -2.30. The van der Waals surface area contributed by atoms with Gasteiger partial charge in [-0.25, -0.2) is 4.98 Å². The first-order chi connectivity index (χ1) is 12.2. The largest absolute Gasteiger partial charge is 0.497 e. The second-order valence-corrected chi connectivity index (χ2v) is 6.06. The molecule has 1 aliphatic rings.